The summed E-state index contributed by atoms with van der Waals surface area (Å²) in [5, 5.41) is 0. The molecule has 0 spiro atoms. The molecule has 0 unspecified atom stereocenters. The van der Waals surface area contributed by atoms with E-state index in [9.17, 15) is 4.79 Å². The molecule has 0 radical (unpaired) electrons. The normalized spacial score (nSPS) is 10.4. The predicted octanol–water partition coefficient (Wildman–Crippen LogP) is 3.45. The minimum atomic E-state index is -0.0172. The van der Waals surface area contributed by atoms with Gasteiger partial charge in [0.2, 0.25) is 0 Å². The average Bonchev–Trinajstić information content (AvgIpc) is 2.50. The topological polar surface area (TPSA) is 35.5 Å². The number of Topliss-reactive ketones (excluding diaryl/α,β-unsaturated/α-hetero) is 1. The highest BCUT2D eigenvalue weighted by Gasteiger charge is 2.08. The van der Waals surface area contributed by atoms with Crippen molar-refractivity contribution in [3.05, 3.63) is 65.2 Å². The summed E-state index contributed by atoms with van der Waals surface area (Å²) in [6, 6.07) is 15.7. The molecule has 110 valence electrons. The van der Waals surface area contributed by atoms with Crippen molar-refractivity contribution in [2.75, 3.05) is 20.3 Å². The zero-order valence-corrected chi connectivity index (χ0v) is 12.5. The zero-order chi connectivity index (χ0) is 15.1. The van der Waals surface area contributed by atoms with Gasteiger partial charge in [-0.3, -0.25) is 4.79 Å². The van der Waals surface area contributed by atoms with Gasteiger partial charge in [-0.15, -0.1) is 0 Å². The summed E-state index contributed by atoms with van der Waals surface area (Å²) >= 11 is 0. The zero-order valence-electron chi connectivity index (χ0n) is 12.5. The molecule has 3 heteroatoms. The van der Waals surface area contributed by atoms with Crippen LogP contribution in [0.15, 0.2) is 48.5 Å². The lowest BCUT2D eigenvalue weighted by atomic mass is 10.1. The summed E-state index contributed by atoms with van der Waals surface area (Å²) < 4.78 is 10.7. The minimum Gasteiger partial charge on any atom is -0.493 e. The van der Waals surface area contributed by atoms with Crippen molar-refractivity contribution >= 4 is 5.78 Å². The molecule has 0 bridgehead atoms. The van der Waals surface area contributed by atoms with Gasteiger partial charge < -0.3 is 9.47 Å². The van der Waals surface area contributed by atoms with Gasteiger partial charge in [0.15, 0.2) is 5.78 Å². The number of hydrogen-bond acceptors (Lipinski definition) is 3. The molecule has 3 nitrogen and oxygen atoms in total. The first-order valence-corrected chi connectivity index (χ1v) is 7.00. The van der Waals surface area contributed by atoms with E-state index in [1.807, 2.05) is 37.3 Å². The van der Waals surface area contributed by atoms with Gasteiger partial charge in [-0.05, 0) is 36.2 Å². The molecule has 0 aliphatic heterocycles. The Kier molecular flexibility index (Phi) is 5.52. The first-order valence-electron chi connectivity index (χ1n) is 7.00. The average molecular weight is 284 g/mol. The summed E-state index contributed by atoms with van der Waals surface area (Å²) in [6.07, 6.45) is 0.866. The Balaban J connectivity index is 1.93. The summed E-state index contributed by atoms with van der Waals surface area (Å²) in [6.45, 7) is 2.67. The smallest absolute Gasteiger partial charge is 0.188 e. The Morgan fingerprint density at radius 1 is 1.10 bits per heavy atom. The molecular weight excluding hydrogens is 264 g/mol. The standard InChI is InChI=1S/C18H20O3/c1-14-12-16(17(19)13-20-2)8-9-18(14)21-11-10-15-6-4-3-5-7-15/h3-9,12H,10-11,13H2,1-2H3. The van der Waals surface area contributed by atoms with Gasteiger partial charge in [0.25, 0.3) is 0 Å². The first-order chi connectivity index (χ1) is 10.2. The summed E-state index contributed by atoms with van der Waals surface area (Å²) in [5.74, 6) is 0.802. The quantitative estimate of drug-likeness (QED) is 0.731. The summed E-state index contributed by atoms with van der Waals surface area (Å²) in [5.41, 5.74) is 2.87. The molecule has 0 aliphatic rings. The van der Waals surface area contributed by atoms with E-state index in [2.05, 4.69) is 12.1 Å². The molecule has 2 aromatic carbocycles. The van der Waals surface area contributed by atoms with Crippen molar-refractivity contribution in [1.82, 2.24) is 0 Å². The minimum absolute atomic E-state index is 0.0172. The van der Waals surface area contributed by atoms with Crippen LogP contribution in [0.5, 0.6) is 5.75 Å². The molecule has 0 saturated heterocycles. The Labute approximate surface area is 125 Å². The van der Waals surface area contributed by atoms with Crippen LogP contribution in [0, 0.1) is 6.92 Å². The molecule has 0 heterocycles. The van der Waals surface area contributed by atoms with E-state index in [0.717, 1.165) is 17.7 Å². The van der Waals surface area contributed by atoms with Crippen molar-refractivity contribution in [3.8, 4) is 5.75 Å². The number of carbonyl (C=O) groups is 1. The largest absolute Gasteiger partial charge is 0.493 e. The summed E-state index contributed by atoms with van der Waals surface area (Å²) in [4.78, 5) is 11.7. The van der Waals surface area contributed by atoms with Crippen LogP contribution in [0.3, 0.4) is 0 Å². The maximum Gasteiger partial charge on any atom is 0.188 e. The second-order valence-corrected chi connectivity index (χ2v) is 4.92. The molecule has 0 saturated carbocycles. The highest BCUT2D eigenvalue weighted by molar-refractivity contribution is 5.97. The van der Waals surface area contributed by atoms with Gasteiger partial charge in [0, 0.05) is 19.1 Å². The SMILES string of the molecule is COCC(=O)c1ccc(OCCc2ccccc2)c(C)c1. The molecule has 21 heavy (non-hydrogen) atoms. The Bertz CT molecular complexity index is 591. The van der Waals surface area contributed by atoms with Gasteiger partial charge >= 0.3 is 0 Å². The number of rotatable bonds is 7. The lowest BCUT2D eigenvalue weighted by Crippen LogP contribution is -2.08. The van der Waals surface area contributed by atoms with E-state index in [1.165, 1.54) is 12.7 Å². The maximum absolute atomic E-state index is 11.7. The van der Waals surface area contributed by atoms with E-state index in [0.29, 0.717) is 12.2 Å². The van der Waals surface area contributed by atoms with Gasteiger partial charge in [0.05, 0.1) is 6.61 Å². The Hall–Kier alpha value is -2.13. The summed E-state index contributed by atoms with van der Waals surface area (Å²) in [7, 11) is 1.52. The second kappa shape index (κ2) is 7.60. The van der Waals surface area contributed by atoms with Crippen molar-refractivity contribution < 1.29 is 14.3 Å². The lowest BCUT2D eigenvalue weighted by molar-refractivity contribution is 0.0848. The van der Waals surface area contributed by atoms with Crippen LogP contribution >= 0.6 is 0 Å². The third kappa shape index (κ3) is 4.43. The molecule has 0 aliphatic carbocycles. The molecule has 0 fully saturated rings. The fraction of sp³-hybridized carbons (Fsp3) is 0.278. The maximum atomic E-state index is 11.7. The van der Waals surface area contributed by atoms with Crippen LogP contribution in [-0.2, 0) is 11.2 Å². The van der Waals surface area contributed by atoms with Gasteiger partial charge in [-0.25, -0.2) is 0 Å². The Morgan fingerprint density at radius 2 is 1.86 bits per heavy atom. The van der Waals surface area contributed by atoms with Crippen LogP contribution < -0.4 is 4.74 Å². The van der Waals surface area contributed by atoms with Crippen LogP contribution in [0.2, 0.25) is 0 Å². The predicted molar refractivity (Wildman–Crippen MR) is 83.0 cm³/mol. The highest BCUT2D eigenvalue weighted by atomic mass is 16.5. The fourth-order valence-electron chi connectivity index (χ4n) is 2.12. The van der Waals surface area contributed by atoms with Crippen molar-refractivity contribution in [2.24, 2.45) is 0 Å². The monoisotopic (exact) mass is 284 g/mol. The van der Waals surface area contributed by atoms with Crippen LogP contribution in [0.1, 0.15) is 21.5 Å². The molecule has 0 aromatic heterocycles. The lowest BCUT2D eigenvalue weighted by Gasteiger charge is -2.10. The molecular formula is C18H20O3. The number of carbonyl (C=O) groups excluding carboxylic acids is 1. The van der Waals surface area contributed by atoms with Crippen molar-refractivity contribution in [2.45, 2.75) is 13.3 Å². The number of ketones is 1. The van der Waals surface area contributed by atoms with Gasteiger partial charge in [-0.2, -0.15) is 0 Å². The van der Waals surface area contributed by atoms with Crippen LogP contribution in [0.4, 0.5) is 0 Å². The van der Waals surface area contributed by atoms with Crippen LogP contribution in [-0.4, -0.2) is 26.1 Å². The highest BCUT2D eigenvalue weighted by Crippen LogP contribution is 2.20. The number of aryl methyl sites for hydroxylation is 1. The molecule has 0 N–H and O–H groups in total. The molecule has 0 amide bonds. The first kappa shape index (κ1) is 15.3. The third-order valence-corrected chi connectivity index (χ3v) is 3.26. The number of benzene rings is 2. The fourth-order valence-corrected chi connectivity index (χ4v) is 2.12. The molecule has 2 aromatic rings. The number of methoxy groups -OCH3 is 1. The van der Waals surface area contributed by atoms with Gasteiger partial charge in [-0.1, -0.05) is 30.3 Å². The number of ether oxygens (including phenoxy) is 2. The van der Waals surface area contributed by atoms with E-state index in [-0.39, 0.29) is 12.4 Å². The van der Waals surface area contributed by atoms with E-state index < -0.39 is 0 Å². The Morgan fingerprint density at radius 3 is 2.52 bits per heavy atom. The van der Waals surface area contributed by atoms with E-state index in [4.69, 9.17) is 9.47 Å². The van der Waals surface area contributed by atoms with E-state index in [1.54, 1.807) is 6.07 Å². The van der Waals surface area contributed by atoms with Gasteiger partial charge in [0.1, 0.15) is 12.4 Å². The van der Waals surface area contributed by atoms with Crippen molar-refractivity contribution in [3.63, 3.8) is 0 Å². The molecule has 2 rings (SSSR count). The third-order valence-electron chi connectivity index (χ3n) is 3.26. The number of hydrogen-bond donors (Lipinski definition) is 0. The molecule has 0 atom stereocenters. The van der Waals surface area contributed by atoms with E-state index >= 15 is 0 Å². The van der Waals surface area contributed by atoms with Crippen LogP contribution in [0.25, 0.3) is 0 Å². The van der Waals surface area contributed by atoms with Crippen molar-refractivity contribution in [1.29, 1.82) is 0 Å². The second-order valence-electron chi connectivity index (χ2n) is 4.92.